The summed E-state index contributed by atoms with van der Waals surface area (Å²) in [6, 6.07) is 5.57. The van der Waals surface area contributed by atoms with Crippen molar-refractivity contribution in [3.63, 3.8) is 0 Å². The number of rotatable bonds is 2. The van der Waals surface area contributed by atoms with Crippen molar-refractivity contribution in [3.05, 3.63) is 28.8 Å². The van der Waals surface area contributed by atoms with Crippen molar-refractivity contribution in [2.24, 2.45) is 0 Å². The zero-order chi connectivity index (χ0) is 12.0. The van der Waals surface area contributed by atoms with Crippen molar-refractivity contribution in [1.82, 2.24) is 0 Å². The van der Waals surface area contributed by atoms with E-state index in [9.17, 15) is 4.79 Å². The van der Waals surface area contributed by atoms with Crippen molar-refractivity contribution in [2.45, 2.75) is 6.42 Å². The monoisotopic (exact) mass is 259 g/mol. The summed E-state index contributed by atoms with van der Waals surface area (Å²) in [7, 11) is 1.00. The van der Waals surface area contributed by atoms with E-state index in [1.807, 2.05) is 12.1 Å². The molecule has 1 N–H and O–H groups in total. The first kappa shape index (κ1) is 13.4. The van der Waals surface area contributed by atoms with Gasteiger partial charge < -0.3 is 9.41 Å². The van der Waals surface area contributed by atoms with E-state index in [-0.39, 0.29) is 0 Å². The zero-order valence-electron chi connectivity index (χ0n) is 9.02. The number of hydrogen-bond donors (Lipinski definition) is 1. The summed E-state index contributed by atoms with van der Waals surface area (Å²) in [6.45, 7) is 1.05. The quantitative estimate of drug-likeness (QED) is 0.655. The van der Waals surface area contributed by atoms with Gasteiger partial charge in [-0.2, -0.15) is 0 Å². The van der Waals surface area contributed by atoms with E-state index in [0.717, 1.165) is 31.4 Å². The summed E-state index contributed by atoms with van der Waals surface area (Å²) in [4.78, 5) is 10.7. The van der Waals surface area contributed by atoms with E-state index in [4.69, 9.17) is 16.7 Å². The lowest BCUT2D eigenvalue weighted by molar-refractivity contribution is 0.112. The standard InChI is InChI=1S/C10H10ClNOS.CH4O/c11-10-3-2-9(6-8(10)7-13)12-4-1-5-14-12;1-2/h2-3,6-7H,1,4-5H2;2H,1H3. The molecule has 1 heterocycles. The van der Waals surface area contributed by atoms with Crippen LogP contribution in [0.5, 0.6) is 0 Å². The molecule has 0 spiro atoms. The van der Waals surface area contributed by atoms with E-state index in [0.29, 0.717) is 10.6 Å². The number of aliphatic hydroxyl groups is 1. The second-order valence-electron chi connectivity index (χ2n) is 3.11. The molecule has 88 valence electrons. The van der Waals surface area contributed by atoms with Crippen molar-refractivity contribution >= 4 is 35.5 Å². The molecular formula is C11H14ClNO2S. The van der Waals surface area contributed by atoms with Gasteiger partial charge in [-0.15, -0.1) is 0 Å². The summed E-state index contributed by atoms with van der Waals surface area (Å²) < 4.78 is 2.20. The summed E-state index contributed by atoms with van der Waals surface area (Å²) in [5, 5.41) is 7.52. The van der Waals surface area contributed by atoms with Crippen LogP contribution in [0.2, 0.25) is 5.02 Å². The molecule has 0 saturated carbocycles. The van der Waals surface area contributed by atoms with Crippen LogP contribution in [0, 0.1) is 0 Å². The van der Waals surface area contributed by atoms with Gasteiger partial charge in [0.1, 0.15) is 0 Å². The SMILES string of the molecule is CO.O=Cc1cc(N2CCCS2)ccc1Cl. The summed E-state index contributed by atoms with van der Waals surface area (Å²) >= 11 is 7.64. The molecule has 1 aliphatic rings. The zero-order valence-corrected chi connectivity index (χ0v) is 10.6. The maximum absolute atomic E-state index is 10.7. The van der Waals surface area contributed by atoms with Crippen LogP contribution in [0.4, 0.5) is 5.69 Å². The van der Waals surface area contributed by atoms with Crippen molar-refractivity contribution < 1.29 is 9.90 Å². The Bertz CT molecular complexity index is 354. The molecule has 0 aliphatic carbocycles. The van der Waals surface area contributed by atoms with Gasteiger partial charge in [-0.25, -0.2) is 0 Å². The first-order chi connectivity index (χ1) is 7.81. The summed E-state index contributed by atoms with van der Waals surface area (Å²) in [5.41, 5.74) is 1.63. The molecule has 3 nitrogen and oxygen atoms in total. The van der Waals surface area contributed by atoms with Crippen LogP contribution >= 0.6 is 23.5 Å². The number of aldehydes is 1. The largest absolute Gasteiger partial charge is 0.400 e. The first-order valence-electron chi connectivity index (χ1n) is 4.91. The van der Waals surface area contributed by atoms with Crippen LogP contribution in [0.1, 0.15) is 16.8 Å². The van der Waals surface area contributed by atoms with E-state index in [1.165, 1.54) is 6.42 Å². The predicted molar refractivity (Wildman–Crippen MR) is 69.4 cm³/mol. The maximum Gasteiger partial charge on any atom is 0.151 e. The van der Waals surface area contributed by atoms with Gasteiger partial charge in [0.15, 0.2) is 6.29 Å². The number of aliphatic hydroxyl groups excluding tert-OH is 1. The number of carbonyl (C=O) groups excluding carboxylic acids is 1. The van der Waals surface area contributed by atoms with Crippen molar-refractivity contribution in [2.75, 3.05) is 23.7 Å². The van der Waals surface area contributed by atoms with Crippen LogP contribution in [0.3, 0.4) is 0 Å². The third-order valence-corrected chi connectivity index (χ3v) is 3.67. The molecule has 1 fully saturated rings. The third-order valence-electron chi connectivity index (χ3n) is 2.15. The number of benzene rings is 1. The summed E-state index contributed by atoms with van der Waals surface area (Å²) in [5.74, 6) is 1.15. The van der Waals surface area contributed by atoms with Crippen LogP contribution in [0.15, 0.2) is 18.2 Å². The van der Waals surface area contributed by atoms with Crippen molar-refractivity contribution in [1.29, 1.82) is 0 Å². The molecule has 0 radical (unpaired) electrons. The highest BCUT2D eigenvalue weighted by molar-refractivity contribution is 8.00. The molecular weight excluding hydrogens is 246 g/mol. The van der Waals surface area contributed by atoms with Crippen LogP contribution < -0.4 is 4.31 Å². The van der Waals surface area contributed by atoms with Gasteiger partial charge in [0.2, 0.25) is 0 Å². The normalized spacial score (nSPS) is 14.3. The number of nitrogens with zero attached hydrogens (tertiary/aromatic N) is 1. The minimum Gasteiger partial charge on any atom is -0.400 e. The lowest BCUT2D eigenvalue weighted by atomic mass is 10.2. The Kier molecular flexibility index (Phi) is 5.66. The first-order valence-corrected chi connectivity index (χ1v) is 6.23. The highest BCUT2D eigenvalue weighted by Crippen LogP contribution is 2.30. The van der Waals surface area contributed by atoms with E-state index < -0.39 is 0 Å². The van der Waals surface area contributed by atoms with Gasteiger partial charge in [0.25, 0.3) is 0 Å². The minimum atomic E-state index is 0.521. The maximum atomic E-state index is 10.7. The third kappa shape index (κ3) is 3.14. The fourth-order valence-electron chi connectivity index (χ4n) is 1.43. The smallest absolute Gasteiger partial charge is 0.151 e. The molecule has 1 aromatic carbocycles. The second-order valence-corrected chi connectivity index (χ2v) is 4.63. The Balaban J connectivity index is 0.000000606. The van der Waals surface area contributed by atoms with Crippen LogP contribution in [-0.2, 0) is 0 Å². The number of halogens is 1. The average Bonchev–Trinajstić information content (AvgIpc) is 2.86. The van der Waals surface area contributed by atoms with Gasteiger partial charge in [-0.1, -0.05) is 11.6 Å². The molecule has 0 unspecified atom stereocenters. The Hall–Kier alpha value is -0.710. The Morgan fingerprint density at radius 2 is 2.25 bits per heavy atom. The molecule has 0 atom stereocenters. The Morgan fingerprint density at radius 1 is 1.50 bits per heavy atom. The highest BCUT2D eigenvalue weighted by atomic mass is 35.5. The fraction of sp³-hybridized carbons (Fsp3) is 0.364. The molecule has 2 rings (SSSR count). The van der Waals surface area contributed by atoms with E-state index in [1.54, 1.807) is 18.0 Å². The molecule has 1 aliphatic heterocycles. The average molecular weight is 260 g/mol. The highest BCUT2D eigenvalue weighted by Gasteiger charge is 2.14. The number of carbonyl (C=O) groups is 1. The molecule has 16 heavy (non-hydrogen) atoms. The Labute approximate surface area is 105 Å². The number of hydrogen-bond acceptors (Lipinski definition) is 4. The molecule has 0 amide bonds. The van der Waals surface area contributed by atoms with Crippen LogP contribution in [0.25, 0.3) is 0 Å². The predicted octanol–water partition coefficient (Wildman–Crippen LogP) is 2.62. The summed E-state index contributed by atoms with van der Waals surface area (Å²) in [6.07, 6.45) is 2.00. The Morgan fingerprint density at radius 3 is 2.81 bits per heavy atom. The molecule has 0 aromatic heterocycles. The molecule has 0 bridgehead atoms. The van der Waals surface area contributed by atoms with Gasteiger partial charge in [0, 0.05) is 30.7 Å². The lowest BCUT2D eigenvalue weighted by Gasteiger charge is -2.16. The minimum absolute atomic E-state index is 0.521. The molecule has 1 saturated heterocycles. The van der Waals surface area contributed by atoms with Gasteiger partial charge >= 0.3 is 0 Å². The van der Waals surface area contributed by atoms with Gasteiger partial charge in [0.05, 0.1) is 5.02 Å². The fourth-order valence-corrected chi connectivity index (χ4v) is 2.59. The van der Waals surface area contributed by atoms with E-state index in [2.05, 4.69) is 4.31 Å². The van der Waals surface area contributed by atoms with Gasteiger partial charge in [-0.05, 0) is 36.6 Å². The van der Waals surface area contributed by atoms with Crippen molar-refractivity contribution in [3.8, 4) is 0 Å². The van der Waals surface area contributed by atoms with Crippen LogP contribution in [-0.4, -0.2) is 30.8 Å². The number of anilines is 1. The topological polar surface area (TPSA) is 40.5 Å². The molecule has 1 aromatic rings. The van der Waals surface area contributed by atoms with Gasteiger partial charge in [-0.3, -0.25) is 4.79 Å². The molecule has 5 heteroatoms. The lowest BCUT2D eigenvalue weighted by Crippen LogP contribution is -2.08. The second kappa shape index (κ2) is 6.78. The van der Waals surface area contributed by atoms with E-state index >= 15 is 0 Å².